The van der Waals surface area contributed by atoms with Crippen molar-refractivity contribution in [3.63, 3.8) is 0 Å². The Hall–Kier alpha value is -1.35. The maximum atomic E-state index is 13.7. The van der Waals surface area contributed by atoms with Crippen LogP contribution in [0.4, 0.5) is 0 Å². The number of carbonyl (C=O) groups excluding carboxylic acids is 1. The van der Waals surface area contributed by atoms with Crippen molar-refractivity contribution in [2.45, 2.75) is 88.6 Å². The lowest BCUT2D eigenvalue weighted by molar-refractivity contribution is -0.163. The van der Waals surface area contributed by atoms with Crippen LogP contribution in [0, 0.1) is 22.2 Å². The van der Waals surface area contributed by atoms with E-state index < -0.39 is 0 Å². The first-order valence-electron chi connectivity index (χ1n) is 11.4. The lowest BCUT2D eigenvalue weighted by Crippen LogP contribution is -2.65. The quantitative estimate of drug-likeness (QED) is 0.824. The predicted molar refractivity (Wildman–Crippen MR) is 111 cm³/mol. The van der Waals surface area contributed by atoms with Crippen LogP contribution in [0.5, 0.6) is 0 Å². The van der Waals surface area contributed by atoms with E-state index in [1.807, 2.05) is 0 Å². The summed E-state index contributed by atoms with van der Waals surface area (Å²) in [6.45, 7) is 2.46. The Labute approximate surface area is 168 Å². The Morgan fingerprint density at radius 2 is 1.71 bits per heavy atom. The number of amides is 1. The number of nitrogens with one attached hydrogen (secondary N) is 1. The molecule has 1 amide bonds. The highest BCUT2D eigenvalue weighted by Crippen LogP contribution is 2.70. The number of carbonyl (C=O) groups is 1. The molecule has 0 radical (unpaired) electrons. The first-order chi connectivity index (χ1) is 13.3. The van der Waals surface area contributed by atoms with Gasteiger partial charge in [-0.05, 0) is 91.9 Å². The normalized spacial score (nSPS) is 50.9. The van der Waals surface area contributed by atoms with Crippen molar-refractivity contribution in [1.82, 2.24) is 5.32 Å². The van der Waals surface area contributed by atoms with E-state index in [1.165, 1.54) is 37.7 Å². The summed E-state index contributed by atoms with van der Waals surface area (Å²) < 4.78 is 0. The zero-order valence-corrected chi connectivity index (χ0v) is 17.2. The molecule has 3 heteroatoms. The van der Waals surface area contributed by atoms with Crippen molar-refractivity contribution in [3.8, 4) is 0 Å². The molecule has 3 N–H and O–H groups in total. The molecule has 0 aliphatic heterocycles. The number of hydrogen-bond acceptors (Lipinski definition) is 2. The molecule has 6 fully saturated rings. The van der Waals surface area contributed by atoms with Gasteiger partial charge in [-0.15, -0.1) is 0 Å². The summed E-state index contributed by atoms with van der Waals surface area (Å²) in [7, 11) is 0. The minimum atomic E-state index is -0.136. The van der Waals surface area contributed by atoms with E-state index in [1.54, 1.807) is 0 Å². The summed E-state index contributed by atoms with van der Waals surface area (Å²) in [6, 6.07) is 11.9. The zero-order valence-electron chi connectivity index (χ0n) is 17.2. The van der Waals surface area contributed by atoms with Gasteiger partial charge < -0.3 is 11.1 Å². The van der Waals surface area contributed by atoms with E-state index in [9.17, 15) is 4.79 Å². The molecule has 1 aromatic rings. The molecule has 0 heterocycles. The maximum absolute atomic E-state index is 13.7. The molecule has 28 heavy (non-hydrogen) atoms. The third-order valence-corrected chi connectivity index (χ3v) is 9.30. The van der Waals surface area contributed by atoms with Gasteiger partial charge in [-0.3, -0.25) is 4.79 Å². The van der Waals surface area contributed by atoms with Crippen molar-refractivity contribution < 1.29 is 4.79 Å². The van der Waals surface area contributed by atoms with Crippen molar-refractivity contribution >= 4 is 5.91 Å². The number of nitrogens with two attached hydrogens (primary N) is 1. The van der Waals surface area contributed by atoms with Gasteiger partial charge in [-0.25, -0.2) is 0 Å². The first-order valence-corrected chi connectivity index (χ1v) is 11.4. The van der Waals surface area contributed by atoms with Gasteiger partial charge >= 0.3 is 0 Å². The van der Waals surface area contributed by atoms with E-state index in [4.69, 9.17) is 5.73 Å². The summed E-state index contributed by atoms with van der Waals surface area (Å²) in [5, 5.41) is 3.52. The van der Waals surface area contributed by atoms with Crippen LogP contribution >= 0.6 is 0 Å². The van der Waals surface area contributed by atoms with Crippen LogP contribution in [0.15, 0.2) is 30.3 Å². The van der Waals surface area contributed by atoms with Crippen LogP contribution in [0.1, 0.15) is 76.7 Å². The average Bonchev–Trinajstić information content (AvgIpc) is 2.57. The summed E-state index contributed by atoms with van der Waals surface area (Å²) in [6.07, 6.45) is 11.8. The highest BCUT2D eigenvalue weighted by Gasteiger charge is 2.65. The average molecular weight is 379 g/mol. The second-order valence-corrected chi connectivity index (χ2v) is 12.0. The lowest BCUT2D eigenvalue weighted by Gasteiger charge is -2.66. The minimum Gasteiger partial charge on any atom is -0.353 e. The fraction of sp³-hybridized carbons (Fsp3) is 0.720. The fourth-order valence-corrected chi connectivity index (χ4v) is 9.10. The van der Waals surface area contributed by atoms with Crippen molar-refractivity contribution in [3.05, 3.63) is 35.9 Å². The van der Waals surface area contributed by atoms with Crippen LogP contribution < -0.4 is 11.1 Å². The molecule has 6 aliphatic carbocycles. The molecule has 6 saturated carbocycles. The predicted octanol–water partition coefficient (Wildman–Crippen LogP) is 4.30. The molecular formula is C25H34N2O. The Bertz CT molecular complexity index is 807. The Kier molecular flexibility index (Phi) is 3.38. The van der Waals surface area contributed by atoms with Gasteiger partial charge in [0.05, 0.1) is 5.41 Å². The number of benzene rings is 1. The molecule has 7 rings (SSSR count). The molecule has 2 unspecified atom stereocenters. The van der Waals surface area contributed by atoms with Crippen molar-refractivity contribution in [2.24, 2.45) is 27.9 Å². The Morgan fingerprint density at radius 3 is 2.39 bits per heavy atom. The second kappa shape index (κ2) is 5.41. The second-order valence-electron chi connectivity index (χ2n) is 12.0. The number of rotatable bonds is 3. The molecule has 150 valence electrons. The minimum absolute atomic E-state index is 0.136. The van der Waals surface area contributed by atoms with Crippen molar-refractivity contribution in [1.29, 1.82) is 0 Å². The van der Waals surface area contributed by atoms with Crippen LogP contribution in [0.2, 0.25) is 0 Å². The van der Waals surface area contributed by atoms with E-state index in [-0.39, 0.29) is 10.8 Å². The third kappa shape index (κ3) is 2.41. The molecule has 0 aromatic heterocycles. The van der Waals surface area contributed by atoms with Crippen LogP contribution in [0.3, 0.4) is 0 Å². The topological polar surface area (TPSA) is 55.1 Å². The Morgan fingerprint density at radius 1 is 0.964 bits per heavy atom. The van der Waals surface area contributed by atoms with Crippen LogP contribution in [0.25, 0.3) is 0 Å². The zero-order chi connectivity index (χ0) is 19.2. The molecule has 6 aliphatic rings. The lowest BCUT2D eigenvalue weighted by atomic mass is 9.38. The first kappa shape index (κ1) is 17.5. The van der Waals surface area contributed by atoms with Gasteiger partial charge in [0.15, 0.2) is 0 Å². The molecule has 0 saturated heterocycles. The summed E-state index contributed by atoms with van der Waals surface area (Å²) in [5.41, 5.74) is 8.38. The highest BCUT2D eigenvalue weighted by molar-refractivity contribution is 5.84. The molecule has 4 bridgehead atoms. The fourth-order valence-electron chi connectivity index (χ4n) is 9.10. The van der Waals surface area contributed by atoms with Gasteiger partial charge in [0.25, 0.3) is 0 Å². The molecular weight excluding hydrogens is 344 g/mol. The van der Waals surface area contributed by atoms with Gasteiger partial charge in [-0.1, -0.05) is 37.3 Å². The van der Waals surface area contributed by atoms with Gasteiger partial charge in [0.1, 0.15) is 0 Å². The van der Waals surface area contributed by atoms with Gasteiger partial charge in [0.2, 0.25) is 5.91 Å². The summed E-state index contributed by atoms with van der Waals surface area (Å²) in [5.74, 6) is 1.09. The SMILES string of the molecule is C[C@]12CC3CC(C(=O)NC4CC5(CC(N)C5)C4)(C1)C[C@@](c1ccccc1)(C3)C2. The molecule has 4 atom stereocenters. The monoisotopic (exact) mass is 378 g/mol. The van der Waals surface area contributed by atoms with E-state index >= 15 is 0 Å². The summed E-state index contributed by atoms with van der Waals surface area (Å²) >= 11 is 0. The smallest absolute Gasteiger partial charge is 0.226 e. The Balaban J connectivity index is 1.25. The summed E-state index contributed by atoms with van der Waals surface area (Å²) in [4.78, 5) is 13.7. The van der Waals surface area contributed by atoms with Gasteiger partial charge in [0, 0.05) is 12.1 Å². The number of hydrogen-bond donors (Lipinski definition) is 2. The van der Waals surface area contributed by atoms with Crippen LogP contribution in [-0.4, -0.2) is 18.0 Å². The van der Waals surface area contributed by atoms with Gasteiger partial charge in [-0.2, -0.15) is 0 Å². The van der Waals surface area contributed by atoms with E-state index in [0.29, 0.717) is 34.7 Å². The molecule has 1 spiro atoms. The molecule has 1 aromatic carbocycles. The third-order valence-electron chi connectivity index (χ3n) is 9.30. The highest BCUT2D eigenvalue weighted by atomic mass is 16.2. The standard InChI is InChI=1S/C25H34N2O/c1-22-7-17-8-24(14-22,18-5-3-2-4-6-18)16-25(9-17,15-22)21(28)27-20-12-23(13-20)10-19(26)11-23/h2-6,17,19-20H,7-16,26H2,1H3,(H,27,28)/t17?,19?,20?,22-,23?,24-,25?/m1/s1. The van der Waals surface area contributed by atoms with E-state index in [2.05, 4.69) is 42.6 Å². The molecule has 3 nitrogen and oxygen atoms in total. The largest absolute Gasteiger partial charge is 0.353 e. The van der Waals surface area contributed by atoms with Crippen molar-refractivity contribution in [2.75, 3.05) is 0 Å². The maximum Gasteiger partial charge on any atom is 0.226 e. The van der Waals surface area contributed by atoms with E-state index in [0.717, 1.165) is 32.1 Å². The van der Waals surface area contributed by atoms with Crippen LogP contribution in [-0.2, 0) is 10.2 Å².